The molecule has 1 fully saturated rings. The quantitative estimate of drug-likeness (QED) is 0.653. The second kappa shape index (κ2) is 6.01. The van der Waals surface area contributed by atoms with E-state index in [0.717, 1.165) is 16.2 Å². The Labute approximate surface area is 116 Å². The average molecular weight is 319 g/mol. The molecule has 2 unspecified atom stereocenters. The predicted molar refractivity (Wildman–Crippen MR) is 74.4 cm³/mol. The Kier molecular flexibility index (Phi) is 4.62. The molecule has 0 aliphatic heterocycles. The lowest BCUT2D eigenvalue weighted by atomic mass is 10.0. The average Bonchev–Trinajstić information content (AvgIpc) is 2.50. The molecule has 0 amide bonds. The molecular weight excluding hydrogens is 302 g/mol. The van der Waals surface area contributed by atoms with E-state index in [4.69, 9.17) is 11.6 Å². The first-order valence-electron chi connectivity index (χ1n) is 6.09. The summed E-state index contributed by atoms with van der Waals surface area (Å²) in [5.74, 6) is 1.66. The Morgan fingerprint density at radius 3 is 2.94 bits per heavy atom. The van der Waals surface area contributed by atoms with Crippen LogP contribution in [0.15, 0.2) is 10.8 Å². The van der Waals surface area contributed by atoms with Crippen LogP contribution in [0.2, 0.25) is 5.15 Å². The van der Waals surface area contributed by atoms with Gasteiger partial charge < -0.3 is 5.32 Å². The number of rotatable bonds is 2. The summed E-state index contributed by atoms with van der Waals surface area (Å²) in [7, 11) is 0. The molecule has 1 aromatic heterocycles. The van der Waals surface area contributed by atoms with E-state index in [2.05, 4.69) is 38.1 Å². The number of nitrogens with one attached hydrogen (secondary N) is 1. The van der Waals surface area contributed by atoms with E-state index in [1.54, 1.807) is 0 Å². The van der Waals surface area contributed by atoms with Gasteiger partial charge in [0.25, 0.3) is 0 Å². The molecule has 1 aliphatic carbocycles. The van der Waals surface area contributed by atoms with Crippen LogP contribution in [-0.2, 0) is 0 Å². The van der Waals surface area contributed by atoms with Gasteiger partial charge in [-0.25, -0.2) is 9.97 Å². The van der Waals surface area contributed by atoms with Crippen molar-refractivity contribution in [2.45, 2.75) is 45.1 Å². The molecule has 5 heteroatoms. The minimum atomic E-state index is 0.462. The summed E-state index contributed by atoms with van der Waals surface area (Å²) in [6.45, 7) is 2.33. The Balaban J connectivity index is 2.02. The fraction of sp³-hybridized carbons (Fsp3) is 0.667. The van der Waals surface area contributed by atoms with Crippen LogP contribution in [0.5, 0.6) is 0 Å². The van der Waals surface area contributed by atoms with E-state index >= 15 is 0 Å². The maximum Gasteiger partial charge on any atom is 0.148 e. The van der Waals surface area contributed by atoms with Crippen molar-refractivity contribution < 1.29 is 0 Å². The molecular formula is C12H17BrClN3. The van der Waals surface area contributed by atoms with E-state index in [9.17, 15) is 0 Å². The van der Waals surface area contributed by atoms with E-state index in [-0.39, 0.29) is 0 Å². The summed E-state index contributed by atoms with van der Waals surface area (Å²) in [4.78, 5) is 8.16. The van der Waals surface area contributed by atoms with Crippen molar-refractivity contribution in [1.82, 2.24) is 9.97 Å². The van der Waals surface area contributed by atoms with Crippen LogP contribution in [0.4, 0.5) is 5.82 Å². The largest absolute Gasteiger partial charge is 0.366 e. The third kappa shape index (κ3) is 3.55. The zero-order chi connectivity index (χ0) is 12.3. The molecule has 1 aromatic rings. The SMILES string of the molecule is CC1CCCC(Nc2ncnc(Cl)c2Br)CC1. The van der Waals surface area contributed by atoms with Crippen molar-refractivity contribution in [3.05, 3.63) is 16.0 Å². The maximum atomic E-state index is 5.95. The zero-order valence-corrected chi connectivity index (χ0v) is 12.3. The van der Waals surface area contributed by atoms with Gasteiger partial charge in [0.2, 0.25) is 0 Å². The molecule has 2 atom stereocenters. The molecule has 1 aliphatic rings. The first-order valence-corrected chi connectivity index (χ1v) is 7.26. The van der Waals surface area contributed by atoms with Gasteiger partial charge in [-0.1, -0.05) is 31.4 Å². The van der Waals surface area contributed by atoms with Crippen molar-refractivity contribution in [2.24, 2.45) is 5.92 Å². The van der Waals surface area contributed by atoms with E-state index < -0.39 is 0 Å². The Morgan fingerprint density at radius 2 is 2.12 bits per heavy atom. The lowest BCUT2D eigenvalue weighted by Gasteiger charge is -2.17. The van der Waals surface area contributed by atoms with Gasteiger partial charge in [0, 0.05) is 6.04 Å². The van der Waals surface area contributed by atoms with Gasteiger partial charge in [0.05, 0.1) is 4.47 Å². The summed E-state index contributed by atoms with van der Waals surface area (Å²) in [5.41, 5.74) is 0. The first-order chi connectivity index (χ1) is 8.16. The standard InChI is InChI=1S/C12H17BrClN3/c1-8-3-2-4-9(6-5-8)17-12-10(13)11(14)15-7-16-12/h7-9H,2-6H2,1H3,(H,15,16,17). The van der Waals surface area contributed by atoms with Crippen LogP contribution in [0.1, 0.15) is 39.0 Å². The third-order valence-corrected chi connectivity index (χ3v) is 4.61. The van der Waals surface area contributed by atoms with Gasteiger partial charge in [-0.2, -0.15) is 0 Å². The third-order valence-electron chi connectivity index (χ3n) is 3.35. The van der Waals surface area contributed by atoms with Gasteiger partial charge in [-0.05, 0) is 41.1 Å². The number of hydrogen-bond acceptors (Lipinski definition) is 3. The minimum Gasteiger partial charge on any atom is -0.366 e. The van der Waals surface area contributed by atoms with Crippen molar-refractivity contribution in [1.29, 1.82) is 0 Å². The highest BCUT2D eigenvalue weighted by atomic mass is 79.9. The summed E-state index contributed by atoms with van der Waals surface area (Å²) in [6.07, 6.45) is 7.82. The molecule has 17 heavy (non-hydrogen) atoms. The maximum absolute atomic E-state index is 5.95. The molecule has 0 bridgehead atoms. The Morgan fingerprint density at radius 1 is 1.29 bits per heavy atom. The van der Waals surface area contributed by atoms with Crippen LogP contribution in [0.25, 0.3) is 0 Å². The van der Waals surface area contributed by atoms with E-state index in [0.29, 0.717) is 11.2 Å². The molecule has 94 valence electrons. The van der Waals surface area contributed by atoms with E-state index in [1.165, 1.54) is 38.4 Å². The molecule has 2 rings (SSSR count). The van der Waals surface area contributed by atoms with Crippen LogP contribution < -0.4 is 5.32 Å². The second-order valence-electron chi connectivity index (χ2n) is 4.78. The van der Waals surface area contributed by atoms with Gasteiger partial charge in [-0.3, -0.25) is 0 Å². The molecule has 0 saturated heterocycles. The van der Waals surface area contributed by atoms with Crippen LogP contribution in [0, 0.1) is 5.92 Å². The number of anilines is 1. The van der Waals surface area contributed by atoms with Crippen molar-refractivity contribution in [3.63, 3.8) is 0 Å². The first kappa shape index (κ1) is 13.1. The topological polar surface area (TPSA) is 37.8 Å². The number of aromatic nitrogens is 2. The molecule has 1 heterocycles. The van der Waals surface area contributed by atoms with Gasteiger partial charge in [-0.15, -0.1) is 0 Å². The van der Waals surface area contributed by atoms with Gasteiger partial charge in [0.1, 0.15) is 17.3 Å². The summed E-state index contributed by atoms with van der Waals surface area (Å²) in [5, 5.41) is 3.93. The summed E-state index contributed by atoms with van der Waals surface area (Å²) >= 11 is 9.37. The highest BCUT2D eigenvalue weighted by molar-refractivity contribution is 9.10. The van der Waals surface area contributed by atoms with Crippen LogP contribution >= 0.6 is 27.5 Å². The molecule has 0 aromatic carbocycles. The molecule has 0 radical (unpaired) electrons. The fourth-order valence-corrected chi connectivity index (χ4v) is 2.73. The smallest absolute Gasteiger partial charge is 0.148 e. The number of halogens is 2. The highest BCUT2D eigenvalue weighted by Gasteiger charge is 2.17. The molecule has 0 spiro atoms. The van der Waals surface area contributed by atoms with Crippen molar-refractivity contribution in [2.75, 3.05) is 5.32 Å². The predicted octanol–water partition coefficient (Wildman–Crippen LogP) is 4.27. The number of nitrogens with zero attached hydrogens (tertiary/aromatic N) is 2. The molecule has 3 nitrogen and oxygen atoms in total. The van der Waals surface area contributed by atoms with Crippen LogP contribution in [0.3, 0.4) is 0 Å². The van der Waals surface area contributed by atoms with Crippen LogP contribution in [-0.4, -0.2) is 16.0 Å². The second-order valence-corrected chi connectivity index (χ2v) is 5.93. The summed E-state index contributed by atoms with van der Waals surface area (Å²) in [6, 6.07) is 0.502. The van der Waals surface area contributed by atoms with Crippen molar-refractivity contribution >= 4 is 33.3 Å². The fourth-order valence-electron chi connectivity index (χ4n) is 2.27. The van der Waals surface area contributed by atoms with Gasteiger partial charge >= 0.3 is 0 Å². The number of hydrogen-bond donors (Lipinski definition) is 1. The Hall–Kier alpha value is -0.350. The normalized spacial score (nSPS) is 25.4. The zero-order valence-electron chi connectivity index (χ0n) is 9.92. The summed E-state index contributed by atoms with van der Waals surface area (Å²) < 4.78 is 0.763. The highest BCUT2D eigenvalue weighted by Crippen LogP contribution is 2.29. The lowest BCUT2D eigenvalue weighted by molar-refractivity contribution is 0.502. The minimum absolute atomic E-state index is 0.462. The lowest BCUT2D eigenvalue weighted by Crippen LogP contribution is -2.19. The monoisotopic (exact) mass is 317 g/mol. The molecule has 1 saturated carbocycles. The van der Waals surface area contributed by atoms with E-state index in [1.807, 2.05) is 0 Å². The van der Waals surface area contributed by atoms with Gasteiger partial charge in [0.15, 0.2) is 0 Å². The molecule has 1 N–H and O–H groups in total. The Bertz CT molecular complexity index is 386. The van der Waals surface area contributed by atoms with Crippen molar-refractivity contribution in [3.8, 4) is 0 Å².